The third-order valence-electron chi connectivity index (χ3n) is 5.89. The Morgan fingerprint density at radius 2 is 1.60 bits per heavy atom. The molecule has 1 saturated heterocycles. The van der Waals surface area contributed by atoms with Crippen LogP contribution in [0.4, 0.5) is 5.69 Å². The number of aliphatic hydroxyl groups excluding tert-OH is 2. The number of nitrogens with zero attached hydrogens (tertiary/aromatic N) is 2. The highest BCUT2D eigenvalue weighted by molar-refractivity contribution is 5.91. The van der Waals surface area contributed by atoms with Gasteiger partial charge in [-0.1, -0.05) is 42.0 Å². The van der Waals surface area contributed by atoms with Crippen molar-refractivity contribution in [3.8, 4) is 0 Å². The number of rotatable bonds is 6. The molecule has 1 fully saturated rings. The van der Waals surface area contributed by atoms with Crippen molar-refractivity contribution in [3.05, 3.63) is 65.2 Å². The molecule has 0 aromatic heterocycles. The highest BCUT2D eigenvalue weighted by Crippen LogP contribution is 2.25. The first kappa shape index (κ1) is 20.4. The third kappa shape index (κ3) is 4.17. The molecule has 2 aliphatic heterocycles. The second-order valence-electron chi connectivity index (χ2n) is 8.20. The van der Waals surface area contributed by atoms with E-state index >= 15 is 0 Å². The van der Waals surface area contributed by atoms with Gasteiger partial charge >= 0.3 is 0 Å². The maximum absolute atomic E-state index is 12.5. The molecular weight excluding hydrogens is 382 g/mol. The van der Waals surface area contributed by atoms with Gasteiger partial charge in [0.05, 0.1) is 0 Å². The molecule has 2 aromatic carbocycles. The van der Waals surface area contributed by atoms with Crippen LogP contribution in [-0.2, 0) is 22.7 Å². The van der Waals surface area contributed by atoms with E-state index in [0.29, 0.717) is 19.6 Å². The van der Waals surface area contributed by atoms with Gasteiger partial charge < -0.3 is 25.3 Å². The van der Waals surface area contributed by atoms with Gasteiger partial charge in [0.25, 0.3) is 11.8 Å². The number of benzene rings is 2. The van der Waals surface area contributed by atoms with E-state index in [1.807, 2.05) is 31.2 Å². The first-order valence-electron chi connectivity index (χ1n) is 10.2. The van der Waals surface area contributed by atoms with Crippen molar-refractivity contribution in [2.75, 3.05) is 24.5 Å². The van der Waals surface area contributed by atoms with Crippen LogP contribution < -0.4 is 10.2 Å². The van der Waals surface area contributed by atoms with Crippen molar-refractivity contribution in [1.82, 2.24) is 10.2 Å². The Labute approximate surface area is 175 Å². The molecule has 0 bridgehead atoms. The van der Waals surface area contributed by atoms with Gasteiger partial charge in [-0.15, -0.1) is 0 Å². The molecule has 7 nitrogen and oxygen atoms in total. The van der Waals surface area contributed by atoms with Gasteiger partial charge in [-0.05, 0) is 30.2 Å². The highest BCUT2D eigenvalue weighted by Gasteiger charge is 2.36. The van der Waals surface area contributed by atoms with Gasteiger partial charge in [-0.3, -0.25) is 9.59 Å². The van der Waals surface area contributed by atoms with E-state index < -0.39 is 24.0 Å². The Balaban J connectivity index is 1.22. The van der Waals surface area contributed by atoms with Crippen molar-refractivity contribution >= 4 is 17.5 Å². The van der Waals surface area contributed by atoms with Crippen LogP contribution in [-0.4, -0.2) is 58.8 Å². The normalized spacial score (nSPS) is 17.8. The summed E-state index contributed by atoms with van der Waals surface area (Å²) < 4.78 is 0. The van der Waals surface area contributed by atoms with Gasteiger partial charge in [-0.25, -0.2) is 0 Å². The summed E-state index contributed by atoms with van der Waals surface area (Å²) in [6, 6.07) is 15.9. The van der Waals surface area contributed by atoms with E-state index in [9.17, 15) is 19.8 Å². The zero-order valence-corrected chi connectivity index (χ0v) is 17.0. The van der Waals surface area contributed by atoms with Crippen molar-refractivity contribution in [2.45, 2.75) is 32.2 Å². The largest absolute Gasteiger partial charge is 0.380 e. The quantitative estimate of drug-likeness (QED) is 0.657. The second-order valence-corrected chi connectivity index (χ2v) is 8.20. The molecule has 0 spiro atoms. The van der Waals surface area contributed by atoms with Crippen molar-refractivity contribution in [3.63, 3.8) is 0 Å². The van der Waals surface area contributed by atoms with Crippen LogP contribution >= 0.6 is 0 Å². The lowest BCUT2D eigenvalue weighted by Crippen LogP contribution is -2.54. The number of hydrogen-bond donors (Lipinski definition) is 3. The maximum Gasteiger partial charge on any atom is 0.255 e. The molecule has 158 valence electrons. The lowest BCUT2D eigenvalue weighted by molar-refractivity contribution is -0.153. The predicted molar refractivity (Wildman–Crippen MR) is 113 cm³/mol. The van der Waals surface area contributed by atoms with Crippen LogP contribution in [0.3, 0.4) is 0 Å². The highest BCUT2D eigenvalue weighted by atomic mass is 16.3. The average Bonchev–Trinajstić information content (AvgIpc) is 3.16. The predicted octanol–water partition coefficient (Wildman–Crippen LogP) is 0.812. The summed E-state index contributed by atoms with van der Waals surface area (Å²) in [6.07, 6.45) is -3.56. The number of carbonyl (C=O) groups is 2. The summed E-state index contributed by atoms with van der Waals surface area (Å²) >= 11 is 0. The number of hydrogen-bond acceptors (Lipinski definition) is 5. The topological polar surface area (TPSA) is 93.1 Å². The first-order valence-corrected chi connectivity index (χ1v) is 10.2. The smallest absolute Gasteiger partial charge is 0.255 e. The van der Waals surface area contributed by atoms with Crippen LogP contribution in [0.1, 0.15) is 16.7 Å². The van der Waals surface area contributed by atoms with E-state index in [4.69, 9.17) is 0 Å². The fourth-order valence-corrected chi connectivity index (χ4v) is 3.97. The van der Waals surface area contributed by atoms with Gasteiger partial charge in [0.2, 0.25) is 0 Å². The SMILES string of the molecule is Cc1ccc(N2CC(CNC(=O)[C@H](O)[C@@H](O)C(=O)N3Cc4ccccc4C3)C2)cc1. The fourth-order valence-electron chi connectivity index (χ4n) is 3.97. The number of aryl methyl sites for hydroxylation is 1. The van der Waals surface area contributed by atoms with Gasteiger partial charge in [0.15, 0.2) is 12.2 Å². The summed E-state index contributed by atoms with van der Waals surface area (Å²) in [5.74, 6) is -1.09. The Hall–Kier alpha value is -2.90. The number of carbonyl (C=O) groups excluding carboxylic acids is 2. The van der Waals surface area contributed by atoms with Crippen LogP contribution in [0, 0.1) is 12.8 Å². The first-order chi connectivity index (χ1) is 14.4. The summed E-state index contributed by atoms with van der Waals surface area (Å²) in [5, 5.41) is 23.1. The van der Waals surface area contributed by atoms with Gasteiger partial charge in [0, 0.05) is 44.3 Å². The summed E-state index contributed by atoms with van der Waals surface area (Å²) in [7, 11) is 0. The Morgan fingerprint density at radius 1 is 1.00 bits per heavy atom. The van der Waals surface area contributed by atoms with Crippen molar-refractivity contribution in [2.24, 2.45) is 5.92 Å². The molecule has 3 N–H and O–H groups in total. The fraction of sp³-hybridized carbons (Fsp3) is 0.391. The molecule has 4 rings (SSSR count). The maximum atomic E-state index is 12.5. The molecule has 30 heavy (non-hydrogen) atoms. The monoisotopic (exact) mass is 409 g/mol. The molecule has 0 unspecified atom stereocenters. The average molecular weight is 409 g/mol. The number of nitrogens with one attached hydrogen (secondary N) is 1. The lowest BCUT2D eigenvalue weighted by atomic mass is 9.98. The van der Waals surface area contributed by atoms with E-state index in [1.54, 1.807) is 0 Å². The van der Waals surface area contributed by atoms with E-state index in [0.717, 1.165) is 29.9 Å². The minimum Gasteiger partial charge on any atom is -0.380 e. The lowest BCUT2D eigenvalue weighted by Gasteiger charge is -2.41. The molecule has 7 heteroatoms. The summed E-state index contributed by atoms with van der Waals surface area (Å²) in [4.78, 5) is 28.4. The molecule has 2 heterocycles. The second kappa shape index (κ2) is 8.45. The molecule has 0 saturated carbocycles. The molecule has 0 aliphatic carbocycles. The molecular formula is C23H27N3O4. The third-order valence-corrected chi connectivity index (χ3v) is 5.89. The zero-order valence-electron chi connectivity index (χ0n) is 17.0. The number of fused-ring (bicyclic) bond motifs is 1. The van der Waals surface area contributed by atoms with Gasteiger partial charge in [-0.2, -0.15) is 0 Å². The summed E-state index contributed by atoms with van der Waals surface area (Å²) in [6.45, 7) is 4.81. The number of aliphatic hydroxyl groups is 2. The zero-order chi connectivity index (χ0) is 21.3. The van der Waals surface area contributed by atoms with Crippen LogP contribution in [0.2, 0.25) is 0 Å². The Kier molecular flexibility index (Phi) is 5.74. The van der Waals surface area contributed by atoms with Crippen LogP contribution in [0.25, 0.3) is 0 Å². The molecule has 2 aromatic rings. The van der Waals surface area contributed by atoms with Crippen molar-refractivity contribution in [1.29, 1.82) is 0 Å². The Morgan fingerprint density at radius 3 is 2.20 bits per heavy atom. The standard InChI is InChI=1S/C23H27N3O4/c1-15-6-8-19(9-7-15)25-11-16(12-25)10-24-22(29)20(27)21(28)23(30)26-13-17-4-2-3-5-18(17)14-26/h2-9,16,20-21,27-28H,10-14H2,1H3,(H,24,29)/t20-,21-/m1/s1. The van der Waals surface area contributed by atoms with E-state index in [-0.39, 0.29) is 5.92 Å². The molecule has 2 amide bonds. The summed E-state index contributed by atoms with van der Waals surface area (Å²) in [5.41, 5.74) is 4.39. The minimum atomic E-state index is -1.78. The van der Waals surface area contributed by atoms with E-state index in [2.05, 4.69) is 34.5 Å². The molecule has 2 aliphatic rings. The van der Waals surface area contributed by atoms with Crippen LogP contribution in [0.5, 0.6) is 0 Å². The number of amides is 2. The van der Waals surface area contributed by atoms with Crippen molar-refractivity contribution < 1.29 is 19.8 Å². The minimum absolute atomic E-state index is 0.267. The van der Waals surface area contributed by atoms with E-state index in [1.165, 1.54) is 10.5 Å². The molecule has 0 radical (unpaired) electrons. The molecule has 2 atom stereocenters. The number of anilines is 1. The van der Waals surface area contributed by atoms with Crippen LogP contribution in [0.15, 0.2) is 48.5 Å². The Bertz CT molecular complexity index is 899. The van der Waals surface area contributed by atoms with Gasteiger partial charge in [0.1, 0.15) is 0 Å².